The van der Waals surface area contributed by atoms with E-state index in [0.29, 0.717) is 0 Å². The Morgan fingerprint density at radius 3 is 1.73 bits per heavy atom. The summed E-state index contributed by atoms with van der Waals surface area (Å²) in [6.45, 7) is 0. The Hall–Kier alpha value is -0.600. The molecule has 0 aromatic carbocycles. The molecule has 78 valence electrons. The fourth-order valence-electron chi connectivity index (χ4n) is 3.05. The van der Waals surface area contributed by atoms with Gasteiger partial charge in [0, 0.05) is 11.8 Å². The van der Waals surface area contributed by atoms with Gasteiger partial charge in [-0.25, -0.2) is 0 Å². The standard InChI is InChI=1S/C11H8Cl2O2/c12-8-9(13)11(15)7-5-2-1-4(3-5)6(7)10(8)14/h1-2,4-7H,3H2/t4-,5+,6?,7?. The van der Waals surface area contributed by atoms with E-state index in [1.54, 1.807) is 0 Å². The van der Waals surface area contributed by atoms with Gasteiger partial charge in [0.05, 0.1) is 0 Å². The third kappa shape index (κ3) is 1.07. The molecule has 3 aliphatic rings. The Kier molecular flexibility index (Phi) is 1.89. The number of fused-ring (bicyclic) bond motifs is 5. The van der Waals surface area contributed by atoms with Crippen LogP contribution in [0.1, 0.15) is 6.42 Å². The summed E-state index contributed by atoms with van der Waals surface area (Å²) in [5, 5.41) is -0.132. The molecule has 1 fully saturated rings. The molecule has 4 heteroatoms. The van der Waals surface area contributed by atoms with Gasteiger partial charge < -0.3 is 0 Å². The second-order valence-electron chi connectivity index (χ2n) is 4.36. The predicted octanol–water partition coefficient (Wildman–Crippen LogP) is 2.27. The number of allylic oxidation sites excluding steroid dienone is 4. The number of Topliss-reactive ketones (excluding diaryl/α,β-unsaturated/α-hetero) is 2. The van der Waals surface area contributed by atoms with E-state index in [9.17, 15) is 9.59 Å². The van der Waals surface area contributed by atoms with Gasteiger partial charge in [-0.05, 0) is 18.3 Å². The molecule has 0 aliphatic heterocycles. The van der Waals surface area contributed by atoms with Crippen LogP contribution in [-0.2, 0) is 9.59 Å². The minimum absolute atomic E-state index is 0.0659. The van der Waals surface area contributed by atoms with Gasteiger partial charge >= 0.3 is 0 Å². The van der Waals surface area contributed by atoms with Crippen LogP contribution in [0.25, 0.3) is 0 Å². The highest BCUT2D eigenvalue weighted by atomic mass is 35.5. The highest BCUT2D eigenvalue weighted by Gasteiger charge is 2.55. The molecular formula is C11H8Cl2O2. The number of carbonyl (C=O) groups is 2. The molecule has 1 saturated carbocycles. The molecule has 15 heavy (non-hydrogen) atoms. The molecule has 0 aromatic heterocycles. The van der Waals surface area contributed by atoms with E-state index in [2.05, 4.69) is 0 Å². The normalized spacial score (nSPS) is 42.8. The Bertz CT molecular complexity index is 398. The zero-order chi connectivity index (χ0) is 10.7. The van der Waals surface area contributed by atoms with Gasteiger partial charge in [-0.15, -0.1) is 0 Å². The summed E-state index contributed by atoms with van der Waals surface area (Å²) in [6, 6.07) is 0. The van der Waals surface area contributed by atoms with E-state index in [1.165, 1.54) is 0 Å². The summed E-state index contributed by atoms with van der Waals surface area (Å²) in [4.78, 5) is 23.8. The van der Waals surface area contributed by atoms with Crippen LogP contribution in [0, 0.1) is 23.7 Å². The van der Waals surface area contributed by atoms with E-state index in [-0.39, 0.29) is 45.3 Å². The minimum atomic E-state index is -0.248. The molecule has 0 amide bonds. The summed E-state index contributed by atoms with van der Waals surface area (Å²) >= 11 is 11.5. The zero-order valence-electron chi connectivity index (χ0n) is 7.74. The largest absolute Gasteiger partial charge is 0.293 e. The van der Waals surface area contributed by atoms with Crippen molar-refractivity contribution in [1.29, 1.82) is 0 Å². The Balaban J connectivity index is 2.13. The number of hydrogen-bond acceptors (Lipinski definition) is 2. The fourth-order valence-corrected chi connectivity index (χ4v) is 3.48. The first-order valence-corrected chi connectivity index (χ1v) is 5.69. The minimum Gasteiger partial charge on any atom is -0.293 e. The average Bonchev–Trinajstić information content (AvgIpc) is 2.82. The van der Waals surface area contributed by atoms with Crippen LogP contribution in [0.5, 0.6) is 0 Å². The third-order valence-electron chi connectivity index (χ3n) is 3.69. The fraction of sp³-hybridized carbons (Fsp3) is 0.455. The lowest BCUT2D eigenvalue weighted by atomic mass is 9.74. The third-order valence-corrected chi connectivity index (χ3v) is 4.54. The molecule has 4 atom stereocenters. The predicted molar refractivity (Wildman–Crippen MR) is 56.5 cm³/mol. The molecule has 3 aliphatic carbocycles. The van der Waals surface area contributed by atoms with Crippen LogP contribution in [-0.4, -0.2) is 11.6 Å². The van der Waals surface area contributed by atoms with Crippen LogP contribution in [0.3, 0.4) is 0 Å². The van der Waals surface area contributed by atoms with Gasteiger partial charge in [0.15, 0.2) is 11.6 Å². The van der Waals surface area contributed by atoms with Gasteiger partial charge in [0.1, 0.15) is 10.1 Å². The first kappa shape index (κ1) is 9.61. The van der Waals surface area contributed by atoms with Crippen molar-refractivity contribution in [3.63, 3.8) is 0 Å². The van der Waals surface area contributed by atoms with Gasteiger partial charge in [0.25, 0.3) is 0 Å². The maximum atomic E-state index is 11.9. The smallest absolute Gasteiger partial charge is 0.180 e. The maximum Gasteiger partial charge on any atom is 0.180 e. The lowest BCUT2D eigenvalue weighted by molar-refractivity contribution is -0.130. The monoisotopic (exact) mass is 242 g/mol. The highest BCUT2D eigenvalue weighted by molar-refractivity contribution is 6.56. The van der Waals surface area contributed by atoms with Crippen LogP contribution >= 0.6 is 23.2 Å². The highest BCUT2D eigenvalue weighted by Crippen LogP contribution is 2.53. The molecule has 0 heterocycles. The SMILES string of the molecule is O=C1C(Cl)=C(Cl)C(=O)C2C1[C@@H]1C=C[C@H]2C1. The number of rotatable bonds is 0. The van der Waals surface area contributed by atoms with Crippen LogP contribution in [0.2, 0.25) is 0 Å². The van der Waals surface area contributed by atoms with Gasteiger partial charge in [-0.3, -0.25) is 9.59 Å². The summed E-state index contributed by atoms with van der Waals surface area (Å²) in [7, 11) is 0. The van der Waals surface area contributed by atoms with E-state index in [4.69, 9.17) is 23.2 Å². The van der Waals surface area contributed by atoms with Crippen molar-refractivity contribution < 1.29 is 9.59 Å². The molecule has 0 aromatic rings. The molecule has 0 saturated heterocycles. The molecule has 0 spiro atoms. The van der Waals surface area contributed by atoms with Gasteiger partial charge in [-0.1, -0.05) is 35.4 Å². The van der Waals surface area contributed by atoms with Crippen LogP contribution in [0.4, 0.5) is 0 Å². The van der Waals surface area contributed by atoms with Gasteiger partial charge in [-0.2, -0.15) is 0 Å². The molecule has 2 bridgehead atoms. The van der Waals surface area contributed by atoms with E-state index in [1.807, 2.05) is 12.2 Å². The lowest BCUT2D eigenvalue weighted by Gasteiger charge is -2.29. The Morgan fingerprint density at radius 2 is 1.33 bits per heavy atom. The molecule has 0 radical (unpaired) electrons. The van der Waals surface area contributed by atoms with Crippen molar-refractivity contribution in [2.75, 3.05) is 0 Å². The van der Waals surface area contributed by atoms with Crippen molar-refractivity contribution in [2.45, 2.75) is 6.42 Å². The van der Waals surface area contributed by atoms with Crippen molar-refractivity contribution >= 4 is 34.8 Å². The first-order chi connectivity index (χ1) is 7.11. The summed E-state index contributed by atoms with van der Waals surface area (Å²) < 4.78 is 0. The van der Waals surface area contributed by atoms with Crippen LogP contribution in [0.15, 0.2) is 22.2 Å². The van der Waals surface area contributed by atoms with Crippen molar-refractivity contribution in [3.8, 4) is 0 Å². The molecule has 2 unspecified atom stereocenters. The molecule has 0 N–H and O–H groups in total. The summed E-state index contributed by atoms with van der Waals surface area (Å²) in [5.74, 6) is -0.416. The van der Waals surface area contributed by atoms with E-state index < -0.39 is 0 Å². The average molecular weight is 243 g/mol. The summed E-state index contributed by atoms with van der Waals surface area (Å²) in [6.07, 6.45) is 4.95. The number of halogens is 2. The molecule has 2 nitrogen and oxygen atoms in total. The Labute approximate surface area is 96.9 Å². The van der Waals surface area contributed by atoms with E-state index in [0.717, 1.165) is 6.42 Å². The van der Waals surface area contributed by atoms with E-state index >= 15 is 0 Å². The second-order valence-corrected chi connectivity index (χ2v) is 5.11. The number of carbonyl (C=O) groups excluding carboxylic acids is 2. The molecular weight excluding hydrogens is 235 g/mol. The zero-order valence-corrected chi connectivity index (χ0v) is 9.26. The summed E-state index contributed by atoms with van der Waals surface area (Å²) in [5.41, 5.74) is 0. The van der Waals surface area contributed by atoms with Crippen molar-refractivity contribution in [1.82, 2.24) is 0 Å². The number of hydrogen-bond donors (Lipinski definition) is 0. The van der Waals surface area contributed by atoms with Crippen molar-refractivity contribution in [2.24, 2.45) is 23.7 Å². The quantitative estimate of drug-likeness (QED) is 0.611. The number of ketones is 2. The molecule has 3 rings (SSSR count). The van der Waals surface area contributed by atoms with Gasteiger partial charge in [0.2, 0.25) is 0 Å². The Morgan fingerprint density at radius 1 is 0.933 bits per heavy atom. The van der Waals surface area contributed by atoms with Crippen molar-refractivity contribution in [3.05, 3.63) is 22.2 Å². The first-order valence-electron chi connectivity index (χ1n) is 4.93. The lowest BCUT2D eigenvalue weighted by Crippen LogP contribution is -2.37. The topological polar surface area (TPSA) is 34.1 Å². The second kappa shape index (κ2) is 2.96. The van der Waals surface area contributed by atoms with Crippen LogP contribution < -0.4 is 0 Å². The maximum absolute atomic E-state index is 11.9.